The van der Waals surface area contributed by atoms with E-state index in [2.05, 4.69) is 5.18 Å². The largest absolute Gasteiger partial charge is 0.507 e. The van der Waals surface area contributed by atoms with Crippen molar-refractivity contribution in [2.24, 2.45) is 5.18 Å². The summed E-state index contributed by atoms with van der Waals surface area (Å²) >= 11 is 0. The van der Waals surface area contributed by atoms with Gasteiger partial charge in [-0.3, -0.25) is 4.79 Å². The van der Waals surface area contributed by atoms with Gasteiger partial charge in [0.05, 0.1) is 0 Å². The number of rotatable bonds is 2. The lowest BCUT2D eigenvalue weighted by Gasteiger charge is -2.11. The fourth-order valence-corrected chi connectivity index (χ4v) is 2.79. The maximum atomic E-state index is 12.6. The van der Waals surface area contributed by atoms with Crippen molar-refractivity contribution >= 4 is 16.7 Å². The average Bonchev–Trinajstić information content (AvgIpc) is 2.54. The molecule has 0 radical (unpaired) electrons. The minimum absolute atomic E-state index is 0.0101. The van der Waals surface area contributed by atoms with E-state index < -0.39 is 0 Å². The number of aromatic hydroxyl groups is 2. The van der Waals surface area contributed by atoms with E-state index in [0.29, 0.717) is 28.0 Å². The lowest BCUT2D eigenvalue weighted by atomic mass is 10.0. The molecule has 3 aromatic rings. The van der Waals surface area contributed by atoms with Crippen LogP contribution in [-0.4, -0.2) is 10.2 Å². The smallest absolute Gasteiger partial charge is 0.199 e. The Bertz CT molecular complexity index is 1030. The number of phenols is 2. The van der Waals surface area contributed by atoms with Gasteiger partial charge in [0, 0.05) is 23.3 Å². The third-order valence-corrected chi connectivity index (χ3v) is 4.05. The van der Waals surface area contributed by atoms with Crippen LogP contribution in [0.25, 0.3) is 22.3 Å². The van der Waals surface area contributed by atoms with E-state index >= 15 is 0 Å². The highest BCUT2D eigenvalue weighted by Gasteiger charge is 2.18. The summed E-state index contributed by atoms with van der Waals surface area (Å²) in [7, 11) is 0. The molecule has 0 saturated carbocycles. The number of phenolic OH excluding ortho intramolecular Hbond substituents is 2. The number of nitrogens with zero attached hydrogens (tertiary/aromatic N) is 1. The summed E-state index contributed by atoms with van der Waals surface area (Å²) < 4.78 is 5.79. The maximum absolute atomic E-state index is 12.6. The normalized spacial score (nSPS) is 11.0. The zero-order chi connectivity index (χ0) is 17.6. The molecule has 0 aliphatic carbocycles. The van der Waals surface area contributed by atoms with Crippen LogP contribution < -0.4 is 5.43 Å². The second kappa shape index (κ2) is 5.49. The van der Waals surface area contributed by atoms with Gasteiger partial charge in [0.1, 0.15) is 33.9 Å². The van der Waals surface area contributed by atoms with Crippen LogP contribution in [0.1, 0.15) is 16.7 Å². The Kier molecular flexibility index (Phi) is 3.60. The molecule has 0 spiro atoms. The third-order valence-electron chi connectivity index (χ3n) is 4.05. The summed E-state index contributed by atoms with van der Waals surface area (Å²) in [5.41, 5.74) is 1.92. The average molecular weight is 325 g/mol. The quantitative estimate of drug-likeness (QED) is 0.688. The SMILES string of the molecule is Cc1cc(-c2oc3cc(N=O)cc(O)c3c(=O)c2C)cc(C)c1O. The molecule has 1 aromatic heterocycles. The van der Waals surface area contributed by atoms with Crippen molar-refractivity contribution in [3.05, 3.63) is 56.1 Å². The Labute approximate surface area is 137 Å². The molecule has 24 heavy (non-hydrogen) atoms. The second-order valence-corrected chi connectivity index (χ2v) is 5.77. The number of nitroso groups, excluding NO2 is 1. The zero-order valence-electron chi connectivity index (χ0n) is 13.4. The molecule has 3 rings (SSSR count). The molecule has 0 unspecified atom stereocenters. The van der Waals surface area contributed by atoms with Crippen LogP contribution in [-0.2, 0) is 0 Å². The molecule has 6 heteroatoms. The summed E-state index contributed by atoms with van der Waals surface area (Å²) in [4.78, 5) is 23.3. The van der Waals surface area contributed by atoms with Gasteiger partial charge in [-0.2, -0.15) is 0 Å². The van der Waals surface area contributed by atoms with Crippen molar-refractivity contribution < 1.29 is 14.6 Å². The summed E-state index contributed by atoms with van der Waals surface area (Å²) in [5, 5.41) is 22.7. The molecule has 0 amide bonds. The van der Waals surface area contributed by atoms with Gasteiger partial charge in [-0.05, 0) is 49.2 Å². The minimum Gasteiger partial charge on any atom is -0.507 e. The van der Waals surface area contributed by atoms with Gasteiger partial charge in [0.15, 0.2) is 5.43 Å². The molecule has 1 heterocycles. The van der Waals surface area contributed by atoms with Crippen LogP contribution in [0.4, 0.5) is 5.69 Å². The van der Waals surface area contributed by atoms with Crippen molar-refractivity contribution in [1.29, 1.82) is 0 Å². The van der Waals surface area contributed by atoms with Gasteiger partial charge >= 0.3 is 0 Å². The Morgan fingerprint density at radius 3 is 2.21 bits per heavy atom. The van der Waals surface area contributed by atoms with Gasteiger partial charge in [-0.15, -0.1) is 4.91 Å². The first-order valence-corrected chi connectivity index (χ1v) is 7.28. The van der Waals surface area contributed by atoms with Crippen LogP contribution in [0.3, 0.4) is 0 Å². The van der Waals surface area contributed by atoms with Crippen molar-refractivity contribution in [2.75, 3.05) is 0 Å². The minimum atomic E-state index is -0.385. The van der Waals surface area contributed by atoms with Gasteiger partial charge < -0.3 is 14.6 Å². The summed E-state index contributed by atoms with van der Waals surface area (Å²) in [6.07, 6.45) is 0. The lowest BCUT2D eigenvalue weighted by molar-refractivity contribution is 0.467. The van der Waals surface area contributed by atoms with E-state index in [1.54, 1.807) is 32.9 Å². The van der Waals surface area contributed by atoms with Gasteiger partial charge in [0.2, 0.25) is 0 Å². The highest BCUT2D eigenvalue weighted by molar-refractivity contribution is 5.88. The standard InChI is InChI=1S/C18H15NO5/c1-8-4-11(5-9(2)16(8)21)18-10(3)17(22)15-13(20)6-12(19-23)7-14(15)24-18/h4-7,20-21H,1-3H3. The van der Waals surface area contributed by atoms with Crippen molar-refractivity contribution in [1.82, 2.24) is 0 Å². The van der Waals surface area contributed by atoms with E-state index in [4.69, 9.17) is 4.42 Å². The number of benzene rings is 2. The molecule has 0 aliphatic rings. The first-order chi connectivity index (χ1) is 11.3. The van der Waals surface area contributed by atoms with E-state index in [-0.39, 0.29) is 33.6 Å². The highest BCUT2D eigenvalue weighted by atomic mass is 16.3. The number of aryl methyl sites for hydroxylation is 2. The summed E-state index contributed by atoms with van der Waals surface area (Å²) in [6.45, 7) is 5.10. The Balaban J connectivity index is 2.40. The molecule has 0 atom stereocenters. The molecule has 0 bridgehead atoms. The Morgan fingerprint density at radius 1 is 1.00 bits per heavy atom. The molecule has 0 saturated heterocycles. The van der Waals surface area contributed by atoms with Crippen LogP contribution in [0.15, 0.2) is 38.7 Å². The predicted molar refractivity (Wildman–Crippen MR) is 90.9 cm³/mol. The van der Waals surface area contributed by atoms with Crippen molar-refractivity contribution in [3.8, 4) is 22.8 Å². The van der Waals surface area contributed by atoms with Crippen molar-refractivity contribution in [3.63, 3.8) is 0 Å². The van der Waals surface area contributed by atoms with E-state index in [9.17, 15) is 19.9 Å². The third kappa shape index (κ3) is 2.32. The Morgan fingerprint density at radius 2 is 1.62 bits per heavy atom. The van der Waals surface area contributed by atoms with Crippen molar-refractivity contribution in [2.45, 2.75) is 20.8 Å². The molecule has 0 aliphatic heterocycles. The highest BCUT2D eigenvalue weighted by Crippen LogP contribution is 2.35. The van der Waals surface area contributed by atoms with E-state index in [1.807, 2.05) is 0 Å². The predicted octanol–water partition coefficient (Wildman–Crippen LogP) is 4.19. The molecule has 2 aromatic carbocycles. The van der Waals surface area contributed by atoms with Crippen LogP contribution >= 0.6 is 0 Å². The van der Waals surface area contributed by atoms with E-state index in [0.717, 1.165) is 6.07 Å². The fourth-order valence-electron chi connectivity index (χ4n) is 2.79. The Hall–Kier alpha value is -3.15. The monoisotopic (exact) mass is 325 g/mol. The molecule has 6 nitrogen and oxygen atoms in total. The number of hydrogen-bond donors (Lipinski definition) is 2. The zero-order valence-corrected chi connectivity index (χ0v) is 13.4. The molecular weight excluding hydrogens is 310 g/mol. The van der Waals surface area contributed by atoms with Crippen LogP contribution in [0.5, 0.6) is 11.5 Å². The summed E-state index contributed by atoms with van der Waals surface area (Å²) in [6, 6.07) is 5.86. The molecule has 122 valence electrons. The van der Waals surface area contributed by atoms with Crippen LogP contribution in [0.2, 0.25) is 0 Å². The summed E-state index contributed by atoms with van der Waals surface area (Å²) in [5.74, 6) is 0.161. The second-order valence-electron chi connectivity index (χ2n) is 5.77. The first kappa shape index (κ1) is 15.7. The molecular formula is C18H15NO5. The maximum Gasteiger partial charge on any atom is 0.199 e. The van der Waals surface area contributed by atoms with E-state index in [1.165, 1.54) is 6.07 Å². The molecule has 2 N–H and O–H groups in total. The number of hydrogen-bond acceptors (Lipinski definition) is 6. The van der Waals surface area contributed by atoms with Gasteiger partial charge in [0.25, 0.3) is 0 Å². The molecule has 0 fully saturated rings. The van der Waals surface area contributed by atoms with Crippen LogP contribution in [0, 0.1) is 25.7 Å². The lowest BCUT2D eigenvalue weighted by Crippen LogP contribution is -2.07. The topological polar surface area (TPSA) is 100 Å². The van der Waals surface area contributed by atoms with Gasteiger partial charge in [-0.1, -0.05) is 0 Å². The van der Waals surface area contributed by atoms with Gasteiger partial charge in [-0.25, -0.2) is 0 Å². The fraction of sp³-hybridized carbons (Fsp3) is 0.167. The first-order valence-electron chi connectivity index (χ1n) is 7.28. The number of fused-ring (bicyclic) bond motifs is 1.